The summed E-state index contributed by atoms with van der Waals surface area (Å²) >= 11 is 0. The Balaban J connectivity index is 1.60. The van der Waals surface area contributed by atoms with Crippen molar-refractivity contribution in [3.05, 3.63) is 42.0 Å². The van der Waals surface area contributed by atoms with Crippen molar-refractivity contribution in [2.45, 2.75) is 26.3 Å². The van der Waals surface area contributed by atoms with E-state index in [2.05, 4.69) is 9.88 Å². The van der Waals surface area contributed by atoms with Crippen molar-refractivity contribution < 1.29 is 13.6 Å². The summed E-state index contributed by atoms with van der Waals surface area (Å²) < 4.78 is 18.5. The van der Waals surface area contributed by atoms with Gasteiger partial charge in [0, 0.05) is 44.7 Å². The summed E-state index contributed by atoms with van der Waals surface area (Å²) in [6.07, 6.45) is 3.18. The van der Waals surface area contributed by atoms with Crippen LogP contribution in [0.1, 0.15) is 25.5 Å². The van der Waals surface area contributed by atoms with Gasteiger partial charge in [-0.25, -0.2) is 9.37 Å². The molecule has 1 fully saturated rings. The molecule has 2 aromatic rings. The van der Waals surface area contributed by atoms with Gasteiger partial charge in [-0.2, -0.15) is 0 Å². The Morgan fingerprint density at radius 1 is 1.21 bits per heavy atom. The largest absolute Gasteiger partial charge is 0.444 e. The molecule has 0 bridgehead atoms. The van der Waals surface area contributed by atoms with Crippen molar-refractivity contribution in [3.8, 4) is 11.5 Å². The molecule has 1 aliphatic rings. The Kier molecular flexibility index (Phi) is 5.25. The fourth-order valence-electron chi connectivity index (χ4n) is 2.94. The van der Waals surface area contributed by atoms with E-state index in [1.807, 2.05) is 11.8 Å². The van der Waals surface area contributed by atoms with E-state index in [1.54, 1.807) is 18.4 Å². The van der Waals surface area contributed by atoms with Crippen LogP contribution in [-0.4, -0.2) is 46.9 Å². The average Bonchev–Trinajstić information content (AvgIpc) is 2.93. The molecule has 0 radical (unpaired) electrons. The van der Waals surface area contributed by atoms with Gasteiger partial charge in [0.25, 0.3) is 0 Å². The molecular formula is C18H22FN3O2. The molecule has 0 atom stereocenters. The quantitative estimate of drug-likeness (QED) is 0.864. The molecule has 0 aliphatic carbocycles. The van der Waals surface area contributed by atoms with Crippen molar-refractivity contribution in [1.82, 2.24) is 14.8 Å². The van der Waals surface area contributed by atoms with Gasteiger partial charge in [-0.1, -0.05) is 6.92 Å². The molecular weight excluding hydrogens is 309 g/mol. The van der Waals surface area contributed by atoms with Crippen LogP contribution in [0, 0.1) is 5.82 Å². The van der Waals surface area contributed by atoms with E-state index in [0.717, 1.165) is 43.9 Å². The van der Waals surface area contributed by atoms with Crippen LogP contribution in [0.2, 0.25) is 0 Å². The minimum absolute atomic E-state index is 0.219. The van der Waals surface area contributed by atoms with Crippen molar-refractivity contribution in [1.29, 1.82) is 0 Å². The number of hydrogen-bond donors (Lipinski definition) is 0. The normalized spacial score (nSPS) is 16.2. The van der Waals surface area contributed by atoms with Gasteiger partial charge in [0.05, 0.1) is 5.69 Å². The van der Waals surface area contributed by atoms with Crippen molar-refractivity contribution in [3.63, 3.8) is 0 Å². The molecule has 1 aromatic heterocycles. The molecule has 6 heteroatoms. The Morgan fingerprint density at radius 3 is 2.75 bits per heavy atom. The molecule has 1 saturated heterocycles. The Labute approximate surface area is 141 Å². The number of hydrogen-bond acceptors (Lipinski definition) is 4. The minimum atomic E-state index is -0.277. The van der Waals surface area contributed by atoms with Gasteiger partial charge < -0.3 is 9.32 Å². The van der Waals surface area contributed by atoms with E-state index in [9.17, 15) is 9.18 Å². The monoisotopic (exact) mass is 331 g/mol. The fraction of sp³-hybridized carbons (Fsp3) is 0.444. The predicted octanol–water partition coefficient (Wildman–Crippen LogP) is 2.93. The SMILES string of the molecule is CCC(=O)N1CCCN(Cc2coc(-c3ccc(F)cc3)n2)CC1. The van der Waals surface area contributed by atoms with Crippen LogP contribution >= 0.6 is 0 Å². The molecule has 0 spiro atoms. The summed E-state index contributed by atoms with van der Waals surface area (Å²) in [4.78, 5) is 20.5. The highest BCUT2D eigenvalue weighted by atomic mass is 19.1. The van der Waals surface area contributed by atoms with Crippen molar-refractivity contribution in [2.75, 3.05) is 26.2 Å². The summed E-state index contributed by atoms with van der Waals surface area (Å²) in [6, 6.07) is 6.11. The van der Waals surface area contributed by atoms with Gasteiger partial charge in [0.15, 0.2) is 0 Å². The van der Waals surface area contributed by atoms with Gasteiger partial charge in [-0.15, -0.1) is 0 Å². The Bertz CT molecular complexity index is 684. The van der Waals surface area contributed by atoms with E-state index in [4.69, 9.17) is 4.42 Å². The molecule has 1 aromatic carbocycles. The van der Waals surface area contributed by atoms with Crippen LogP contribution < -0.4 is 0 Å². The number of carbonyl (C=O) groups is 1. The topological polar surface area (TPSA) is 49.6 Å². The van der Waals surface area contributed by atoms with E-state index < -0.39 is 0 Å². The summed E-state index contributed by atoms with van der Waals surface area (Å²) in [5, 5.41) is 0. The zero-order valence-corrected chi connectivity index (χ0v) is 13.9. The first-order valence-corrected chi connectivity index (χ1v) is 8.36. The number of oxazole rings is 1. The molecule has 1 amide bonds. The predicted molar refractivity (Wildman–Crippen MR) is 88.7 cm³/mol. The van der Waals surface area contributed by atoms with Crippen LogP contribution in [0.15, 0.2) is 34.9 Å². The molecule has 0 N–H and O–H groups in total. The third-order valence-corrected chi connectivity index (χ3v) is 4.27. The fourth-order valence-corrected chi connectivity index (χ4v) is 2.94. The van der Waals surface area contributed by atoms with Gasteiger partial charge in [0.2, 0.25) is 11.8 Å². The molecule has 3 rings (SSSR count). The summed E-state index contributed by atoms with van der Waals surface area (Å²) in [5.41, 5.74) is 1.61. The Hall–Kier alpha value is -2.21. The average molecular weight is 331 g/mol. The van der Waals surface area contributed by atoms with E-state index >= 15 is 0 Å². The lowest BCUT2D eigenvalue weighted by Crippen LogP contribution is -2.34. The first-order chi connectivity index (χ1) is 11.7. The minimum Gasteiger partial charge on any atom is -0.444 e. The van der Waals surface area contributed by atoms with Gasteiger partial charge >= 0.3 is 0 Å². The van der Waals surface area contributed by atoms with Gasteiger partial charge in [0.1, 0.15) is 12.1 Å². The maximum absolute atomic E-state index is 13.0. The number of aromatic nitrogens is 1. The molecule has 24 heavy (non-hydrogen) atoms. The number of rotatable bonds is 4. The highest BCUT2D eigenvalue weighted by Gasteiger charge is 2.19. The van der Waals surface area contributed by atoms with Crippen LogP contribution in [0.3, 0.4) is 0 Å². The van der Waals surface area contributed by atoms with Crippen LogP contribution in [-0.2, 0) is 11.3 Å². The van der Waals surface area contributed by atoms with Crippen LogP contribution in [0.5, 0.6) is 0 Å². The summed E-state index contributed by atoms with van der Waals surface area (Å²) in [7, 11) is 0. The van der Waals surface area contributed by atoms with Gasteiger partial charge in [-0.3, -0.25) is 9.69 Å². The molecule has 0 unspecified atom stereocenters. The molecule has 2 heterocycles. The second kappa shape index (κ2) is 7.57. The second-order valence-electron chi connectivity index (χ2n) is 6.01. The molecule has 128 valence electrons. The third-order valence-electron chi connectivity index (χ3n) is 4.27. The maximum atomic E-state index is 13.0. The molecule has 1 aliphatic heterocycles. The summed E-state index contributed by atoms with van der Waals surface area (Å²) in [5.74, 6) is 0.445. The lowest BCUT2D eigenvalue weighted by molar-refractivity contribution is -0.130. The van der Waals surface area contributed by atoms with E-state index in [-0.39, 0.29) is 11.7 Å². The van der Waals surface area contributed by atoms with Crippen LogP contribution in [0.4, 0.5) is 4.39 Å². The number of halogens is 1. The smallest absolute Gasteiger partial charge is 0.226 e. The molecule has 0 saturated carbocycles. The number of carbonyl (C=O) groups excluding carboxylic acids is 1. The number of amides is 1. The van der Waals surface area contributed by atoms with Crippen LogP contribution in [0.25, 0.3) is 11.5 Å². The van der Waals surface area contributed by atoms with Crippen molar-refractivity contribution >= 4 is 5.91 Å². The Morgan fingerprint density at radius 2 is 2.00 bits per heavy atom. The highest BCUT2D eigenvalue weighted by molar-refractivity contribution is 5.75. The third kappa shape index (κ3) is 4.00. The lowest BCUT2D eigenvalue weighted by Gasteiger charge is -2.20. The first-order valence-electron chi connectivity index (χ1n) is 8.36. The van der Waals surface area contributed by atoms with Gasteiger partial charge in [-0.05, 0) is 30.7 Å². The zero-order valence-electron chi connectivity index (χ0n) is 13.9. The maximum Gasteiger partial charge on any atom is 0.226 e. The van der Waals surface area contributed by atoms with E-state index in [1.165, 1.54) is 12.1 Å². The number of benzene rings is 1. The lowest BCUT2D eigenvalue weighted by atomic mass is 10.2. The van der Waals surface area contributed by atoms with Crippen molar-refractivity contribution in [2.24, 2.45) is 0 Å². The highest BCUT2D eigenvalue weighted by Crippen LogP contribution is 2.20. The van der Waals surface area contributed by atoms with E-state index in [0.29, 0.717) is 18.9 Å². The number of nitrogens with zero attached hydrogens (tertiary/aromatic N) is 3. The zero-order chi connectivity index (χ0) is 16.9. The molecule has 5 nitrogen and oxygen atoms in total. The standard InChI is InChI=1S/C18H22FN3O2/c1-2-17(23)22-9-3-8-21(10-11-22)12-16-13-24-18(20-16)14-4-6-15(19)7-5-14/h4-7,13H,2-3,8-12H2,1H3. The second-order valence-corrected chi connectivity index (χ2v) is 6.01. The summed E-state index contributed by atoms with van der Waals surface area (Å²) in [6.45, 7) is 5.95. The first kappa shape index (κ1) is 16.6.